The number of ether oxygens (including phenoxy) is 1. The summed E-state index contributed by atoms with van der Waals surface area (Å²) in [6, 6.07) is 8.32. The predicted octanol–water partition coefficient (Wildman–Crippen LogP) is 2.54. The van der Waals surface area contributed by atoms with Crippen LogP contribution in [-0.4, -0.2) is 24.7 Å². The molecule has 2 N–H and O–H groups in total. The predicted molar refractivity (Wildman–Crippen MR) is 92.0 cm³/mol. The number of aromatic nitrogens is 1. The van der Waals surface area contributed by atoms with E-state index < -0.39 is 10.0 Å². The highest BCUT2D eigenvalue weighted by Gasteiger charge is 2.19. The molecule has 120 valence electrons. The van der Waals surface area contributed by atoms with Gasteiger partial charge in [0, 0.05) is 30.2 Å². The molecule has 2 heterocycles. The lowest BCUT2D eigenvalue weighted by molar-refractivity contribution is 0.217. The van der Waals surface area contributed by atoms with Crippen molar-refractivity contribution in [2.75, 3.05) is 10.0 Å². The highest BCUT2D eigenvalue weighted by atomic mass is 32.2. The molecule has 0 saturated carbocycles. The van der Waals surface area contributed by atoms with Gasteiger partial charge in [0.2, 0.25) is 0 Å². The number of hydrogen-bond acceptors (Lipinski definition) is 5. The molecule has 0 radical (unpaired) electrons. The van der Waals surface area contributed by atoms with Crippen molar-refractivity contribution in [1.29, 1.82) is 0 Å². The van der Waals surface area contributed by atoms with Crippen molar-refractivity contribution >= 4 is 38.8 Å². The fraction of sp³-hybridized carbons (Fsp3) is 0.200. The number of sulfonamides is 1. The molecule has 1 aromatic heterocycles. The Labute approximate surface area is 139 Å². The molecule has 0 spiro atoms. The first-order valence-electron chi connectivity index (χ1n) is 6.97. The van der Waals surface area contributed by atoms with Crippen molar-refractivity contribution in [2.24, 2.45) is 0 Å². The van der Waals surface area contributed by atoms with Gasteiger partial charge in [-0.05, 0) is 55.0 Å². The van der Waals surface area contributed by atoms with Crippen LogP contribution < -0.4 is 10.0 Å². The topological polar surface area (TPSA) is 80.3 Å². The first-order chi connectivity index (χ1) is 10.9. The summed E-state index contributed by atoms with van der Waals surface area (Å²) in [5, 5.41) is 3.32. The third-order valence-electron chi connectivity index (χ3n) is 3.35. The Hall–Kier alpha value is -2.19. The fourth-order valence-corrected chi connectivity index (χ4v) is 3.63. The summed E-state index contributed by atoms with van der Waals surface area (Å²) in [4.78, 5) is 3.95. The van der Waals surface area contributed by atoms with Crippen LogP contribution in [0.4, 0.5) is 11.4 Å². The van der Waals surface area contributed by atoms with Crippen molar-refractivity contribution in [3.05, 3.63) is 48.3 Å². The van der Waals surface area contributed by atoms with E-state index in [0.717, 1.165) is 11.3 Å². The Balaban J connectivity index is 1.89. The number of nitrogens with one attached hydrogen (secondary N) is 2. The first-order valence-corrected chi connectivity index (χ1v) is 8.86. The maximum Gasteiger partial charge on any atom is 0.263 e. The standard InChI is InChI=1S/C15H15N3O3S2/c1-10-7-11-8-12(4-5-14(11)17-15(22)21-10)18-23(19,20)13-3-2-6-16-9-13/h2-6,8-10,18H,7H2,1H3,(H,17,22). The van der Waals surface area contributed by atoms with E-state index in [1.165, 1.54) is 18.5 Å². The van der Waals surface area contributed by atoms with Gasteiger partial charge in [0.1, 0.15) is 11.0 Å². The lowest BCUT2D eigenvalue weighted by Gasteiger charge is -2.11. The summed E-state index contributed by atoms with van der Waals surface area (Å²) in [6.07, 6.45) is 3.38. The first kappa shape index (κ1) is 15.7. The summed E-state index contributed by atoms with van der Waals surface area (Å²) in [5.41, 5.74) is 2.24. The third kappa shape index (κ3) is 3.59. The van der Waals surface area contributed by atoms with Crippen molar-refractivity contribution in [1.82, 2.24) is 4.98 Å². The van der Waals surface area contributed by atoms with Gasteiger partial charge in [-0.3, -0.25) is 9.71 Å². The second-order valence-electron chi connectivity index (χ2n) is 5.21. The zero-order valence-electron chi connectivity index (χ0n) is 12.3. The molecule has 0 bridgehead atoms. The quantitative estimate of drug-likeness (QED) is 0.829. The second kappa shape index (κ2) is 6.13. The number of thiocarbonyl (C=S) groups is 1. The zero-order chi connectivity index (χ0) is 16.4. The van der Waals surface area contributed by atoms with Gasteiger partial charge in [-0.15, -0.1) is 0 Å². The summed E-state index contributed by atoms with van der Waals surface area (Å²) < 4.78 is 32.7. The average molecular weight is 349 g/mol. The van der Waals surface area contributed by atoms with E-state index in [1.807, 2.05) is 6.92 Å². The van der Waals surface area contributed by atoms with E-state index in [4.69, 9.17) is 17.0 Å². The molecule has 23 heavy (non-hydrogen) atoms. The van der Waals surface area contributed by atoms with Gasteiger partial charge in [0.05, 0.1) is 0 Å². The monoisotopic (exact) mass is 349 g/mol. The molecule has 0 saturated heterocycles. The Bertz CT molecular complexity index is 838. The summed E-state index contributed by atoms with van der Waals surface area (Å²) in [5.74, 6) is 0. The van der Waals surface area contributed by atoms with Crippen LogP contribution in [0.1, 0.15) is 12.5 Å². The number of pyridine rings is 1. The molecular formula is C15H15N3O3S2. The molecule has 1 aliphatic heterocycles. The number of benzene rings is 1. The van der Waals surface area contributed by atoms with Crippen molar-refractivity contribution in [3.8, 4) is 0 Å². The number of fused-ring (bicyclic) bond motifs is 1. The van der Waals surface area contributed by atoms with Gasteiger partial charge in [0.25, 0.3) is 15.2 Å². The van der Waals surface area contributed by atoms with Gasteiger partial charge in [0.15, 0.2) is 0 Å². The molecule has 8 heteroatoms. The van der Waals surface area contributed by atoms with E-state index >= 15 is 0 Å². The van der Waals surface area contributed by atoms with Gasteiger partial charge in [-0.2, -0.15) is 0 Å². The van der Waals surface area contributed by atoms with Gasteiger partial charge < -0.3 is 10.1 Å². The molecule has 1 unspecified atom stereocenters. The Morgan fingerprint density at radius 2 is 2.22 bits per heavy atom. The lowest BCUT2D eigenvalue weighted by Crippen LogP contribution is -2.16. The number of hydrogen-bond donors (Lipinski definition) is 2. The molecule has 1 aliphatic rings. The SMILES string of the molecule is CC1Cc2cc(NS(=O)(=O)c3cccnc3)ccc2NC(=S)O1. The Morgan fingerprint density at radius 3 is 2.96 bits per heavy atom. The maximum absolute atomic E-state index is 12.3. The summed E-state index contributed by atoms with van der Waals surface area (Å²) >= 11 is 5.08. The summed E-state index contributed by atoms with van der Waals surface area (Å²) in [7, 11) is -3.66. The van der Waals surface area contributed by atoms with Crippen molar-refractivity contribution in [2.45, 2.75) is 24.3 Å². The molecule has 0 aliphatic carbocycles. The minimum Gasteiger partial charge on any atom is -0.467 e. The highest BCUT2D eigenvalue weighted by Crippen LogP contribution is 2.26. The molecule has 1 atom stereocenters. The van der Waals surface area contributed by atoms with Crippen molar-refractivity contribution in [3.63, 3.8) is 0 Å². The maximum atomic E-state index is 12.3. The molecule has 1 aromatic carbocycles. The molecule has 0 amide bonds. The van der Waals surface area contributed by atoms with E-state index in [-0.39, 0.29) is 11.0 Å². The van der Waals surface area contributed by atoms with Crippen LogP contribution in [0.3, 0.4) is 0 Å². The van der Waals surface area contributed by atoms with Crippen LogP contribution in [0.2, 0.25) is 0 Å². The molecular weight excluding hydrogens is 334 g/mol. The van der Waals surface area contributed by atoms with Crippen LogP contribution in [0, 0.1) is 0 Å². The lowest BCUT2D eigenvalue weighted by atomic mass is 10.1. The van der Waals surface area contributed by atoms with Crippen LogP contribution in [0.15, 0.2) is 47.6 Å². The fourth-order valence-electron chi connectivity index (χ4n) is 2.34. The normalized spacial score (nSPS) is 17.4. The molecule has 6 nitrogen and oxygen atoms in total. The number of anilines is 2. The van der Waals surface area contributed by atoms with Crippen LogP contribution in [-0.2, 0) is 21.2 Å². The minimum atomic E-state index is -3.66. The molecule has 3 rings (SSSR count). The van der Waals surface area contributed by atoms with E-state index in [9.17, 15) is 8.42 Å². The molecule has 0 fully saturated rings. The van der Waals surface area contributed by atoms with Crippen LogP contribution in [0.5, 0.6) is 0 Å². The van der Waals surface area contributed by atoms with Crippen LogP contribution in [0.25, 0.3) is 0 Å². The van der Waals surface area contributed by atoms with Crippen molar-refractivity contribution < 1.29 is 13.2 Å². The largest absolute Gasteiger partial charge is 0.467 e. The smallest absolute Gasteiger partial charge is 0.263 e. The third-order valence-corrected chi connectivity index (χ3v) is 4.92. The Kier molecular flexibility index (Phi) is 4.18. The average Bonchev–Trinajstić information content (AvgIpc) is 2.64. The molecule has 2 aromatic rings. The number of rotatable bonds is 3. The van der Waals surface area contributed by atoms with E-state index in [0.29, 0.717) is 17.3 Å². The van der Waals surface area contributed by atoms with Gasteiger partial charge in [-0.25, -0.2) is 8.42 Å². The Morgan fingerprint density at radius 1 is 1.39 bits per heavy atom. The summed E-state index contributed by atoms with van der Waals surface area (Å²) in [6.45, 7) is 1.91. The number of nitrogens with zero attached hydrogens (tertiary/aromatic N) is 1. The zero-order valence-corrected chi connectivity index (χ0v) is 13.9. The van der Waals surface area contributed by atoms with E-state index in [1.54, 1.807) is 24.3 Å². The van der Waals surface area contributed by atoms with Gasteiger partial charge in [-0.1, -0.05) is 0 Å². The second-order valence-corrected chi connectivity index (χ2v) is 7.26. The van der Waals surface area contributed by atoms with Crippen LogP contribution >= 0.6 is 12.2 Å². The van der Waals surface area contributed by atoms with Gasteiger partial charge >= 0.3 is 0 Å². The van der Waals surface area contributed by atoms with E-state index in [2.05, 4.69) is 15.0 Å². The minimum absolute atomic E-state index is 0.0820. The highest BCUT2D eigenvalue weighted by molar-refractivity contribution is 7.92.